The Bertz CT molecular complexity index is 409. The van der Waals surface area contributed by atoms with E-state index < -0.39 is 5.82 Å². The van der Waals surface area contributed by atoms with Gasteiger partial charge in [-0.3, -0.25) is 4.79 Å². The molecule has 0 amide bonds. The molecule has 1 rings (SSSR count). The van der Waals surface area contributed by atoms with E-state index in [9.17, 15) is 9.18 Å². The molecular weight excluding hydrogens is 205 g/mol. The molecule has 1 aromatic carbocycles. The highest BCUT2D eigenvalue weighted by Crippen LogP contribution is 2.23. The van der Waals surface area contributed by atoms with Gasteiger partial charge in [0, 0.05) is 12.1 Å². The molecular formula is C13H14FNO. The molecule has 0 saturated carbocycles. The molecule has 0 saturated heterocycles. The molecule has 3 heteroatoms. The summed E-state index contributed by atoms with van der Waals surface area (Å²) in [5, 5.41) is 0. The topological polar surface area (TPSA) is 20.3 Å². The summed E-state index contributed by atoms with van der Waals surface area (Å²) in [4.78, 5) is 12.6. The summed E-state index contributed by atoms with van der Waals surface area (Å²) in [6, 6.07) is 4.44. The molecule has 0 aliphatic rings. The van der Waals surface area contributed by atoms with Gasteiger partial charge >= 0.3 is 0 Å². The van der Waals surface area contributed by atoms with Crippen LogP contribution < -0.4 is 4.90 Å². The van der Waals surface area contributed by atoms with Gasteiger partial charge in [0.25, 0.3) is 0 Å². The van der Waals surface area contributed by atoms with E-state index in [1.807, 2.05) is 6.92 Å². The number of benzene rings is 1. The van der Waals surface area contributed by atoms with Crippen molar-refractivity contribution < 1.29 is 9.18 Å². The summed E-state index contributed by atoms with van der Waals surface area (Å²) < 4.78 is 13.7. The molecule has 0 fully saturated rings. The minimum absolute atomic E-state index is 0.301. The number of nitrogens with zero attached hydrogens (tertiary/aromatic N) is 1. The predicted octanol–water partition coefficient (Wildman–Crippen LogP) is 2.49. The van der Waals surface area contributed by atoms with Crippen molar-refractivity contribution in [2.75, 3.05) is 18.0 Å². The lowest BCUT2D eigenvalue weighted by molar-refractivity contribution is 0.112. The molecule has 0 spiro atoms. The van der Waals surface area contributed by atoms with Crippen molar-refractivity contribution in [1.82, 2.24) is 0 Å². The van der Waals surface area contributed by atoms with E-state index in [0.29, 0.717) is 30.6 Å². The van der Waals surface area contributed by atoms with E-state index in [4.69, 9.17) is 6.42 Å². The van der Waals surface area contributed by atoms with Crippen LogP contribution in [-0.2, 0) is 0 Å². The van der Waals surface area contributed by atoms with E-state index in [1.165, 1.54) is 12.1 Å². The first kappa shape index (κ1) is 12.3. The number of anilines is 1. The number of carbonyl (C=O) groups excluding carboxylic acids is 1. The quantitative estimate of drug-likeness (QED) is 0.560. The maximum atomic E-state index is 13.7. The number of aldehydes is 1. The van der Waals surface area contributed by atoms with Gasteiger partial charge in [-0.2, -0.15) is 0 Å². The van der Waals surface area contributed by atoms with Gasteiger partial charge in [0.05, 0.1) is 12.2 Å². The minimum Gasteiger partial charge on any atom is -0.357 e. The van der Waals surface area contributed by atoms with Gasteiger partial charge in [-0.25, -0.2) is 4.39 Å². The monoisotopic (exact) mass is 219 g/mol. The molecule has 0 atom stereocenters. The number of hydrogen-bond donors (Lipinski definition) is 0. The van der Waals surface area contributed by atoms with E-state index in [1.54, 1.807) is 11.0 Å². The molecule has 0 aromatic heterocycles. The van der Waals surface area contributed by atoms with Gasteiger partial charge < -0.3 is 4.90 Å². The molecule has 2 nitrogen and oxygen atoms in total. The molecule has 16 heavy (non-hydrogen) atoms. The molecule has 0 heterocycles. The maximum absolute atomic E-state index is 13.7. The van der Waals surface area contributed by atoms with Crippen LogP contribution in [0.2, 0.25) is 0 Å². The second-order valence-corrected chi connectivity index (χ2v) is 3.42. The Morgan fingerprint density at radius 1 is 1.56 bits per heavy atom. The first-order valence-corrected chi connectivity index (χ1v) is 5.16. The standard InChI is InChI=1S/C13H14FNO/c1-3-8-15(9-4-2)13-11(10-16)6-5-7-12(13)14/h1,5-7,10H,4,8-9H2,2H3. The Labute approximate surface area is 95.1 Å². The molecule has 1 aromatic rings. The summed E-state index contributed by atoms with van der Waals surface area (Å²) in [5.41, 5.74) is 0.640. The van der Waals surface area contributed by atoms with Crippen LogP contribution in [0.4, 0.5) is 10.1 Å². The second-order valence-electron chi connectivity index (χ2n) is 3.42. The van der Waals surface area contributed by atoms with Crippen molar-refractivity contribution >= 4 is 12.0 Å². The SMILES string of the molecule is C#CCN(CCC)c1c(F)cccc1C=O. The van der Waals surface area contributed by atoms with Gasteiger partial charge in [-0.05, 0) is 18.6 Å². The predicted molar refractivity (Wildman–Crippen MR) is 63.1 cm³/mol. The van der Waals surface area contributed by atoms with Crippen LogP contribution in [0, 0.1) is 18.2 Å². The van der Waals surface area contributed by atoms with Crippen molar-refractivity contribution in [1.29, 1.82) is 0 Å². The fraction of sp³-hybridized carbons (Fsp3) is 0.308. The highest BCUT2D eigenvalue weighted by atomic mass is 19.1. The Morgan fingerprint density at radius 3 is 2.88 bits per heavy atom. The average molecular weight is 219 g/mol. The minimum atomic E-state index is -0.409. The molecule has 84 valence electrons. The lowest BCUT2D eigenvalue weighted by atomic mass is 10.1. The summed E-state index contributed by atoms with van der Waals surface area (Å²) in [5.74, 6) is 2.06. The highest BCUT2D eigenvalue weighted by Gasteiger charge is 2.14. The lowest BCUT2D eigenvalue weighted by Gasteiger charge is -2.23. The molecule has 0 aliphatic heterocycles. The van der Waals surface area contributed by atoms with Crippen molar-refractivity contribution in [2.45, 2.75) is 13.3 Å². The van der Waals surface area contributed by atoms with Gasteiger partial charge in [0.1, 0.15) is 5.82 Å². The average Bonchev–Trinajstić information content (AvgIpc) is 2.28. The lowest BCUT2D eigenvalue weighted by Crippen LogP contribution is -2.26. The summed E-state index contributed by atoms with van der Waals surface area (Å²) in [6.07, 6.45) is 6.73. The van der Waals surface area contributed by atoms with Gasteiger partial charge in [0.15, 0.2) is 6.29 Å². The number of hydrogen-bond acceptors (Lipinski definition) is 2. The van der Waals surface area contributed by atoms with Crippen molar-refractivity contribution in [3.05, 3.63) is 29.6 Å². The second kappa shape index (κ2) is 5.92. The van der Waals surface area contributed by atoms with Crippen LogP contribution in [0.15, 0.2) is 18.2 Å². The molecule has 0 aliphatic carbocycles. The van der Waals surface area contributed by atoms with Crippen molar-refractivity contribution in [2.24, 2.45) is 0 Å². The van der Waals surface area contributed by atoms with Gasteiger partial charge in [-0.1, -0.05) is 18.9 Å². The fourth-order valence-corrected chi connectivity index (χ4v) is 1.61. The third-order valence-corrected chi connectivity index (χ3v) is 2.24. The van der Waals surface area contributed by atoms with Crippen molar-refractivity contribution in [3.8, 4) is 12.3 Å². The molecule has 0 radical (unpaired) electrons. The van der Waals surface area contributed by atoms with Crippen LogP contribution >= 0.6 is 0 Å². The first-order valence-electron chi connectivity index (χ1n) is 5.16. The summed E-state index contributed by atoms with van der Waals surface area (Å²) in [6.45, 7) is 2.91. The zero-order chi connectivity index (χ0) is 12.0. The Balaban J connectivity index is 3.16. The number of halogens is 1. The third kappa shape index (κ3) is 2.60. The normalized spacial score (nSPS) is 9.56. The van der Waals surface area contributed by atoms with Crippen LogP contribution in [0.5, 0.6) is 0 Å². The molecule has 0 unspecified atom stereocenters. The number of rotatable bonds is 5. The molecule has 0 N–H and O–H groups in total. The largest absolute Gasteiger partial charge is 0.357 e. The zero-order valence-electron chi connectivity index (χ0n) is 9.24. The number of terminal acetylenes is 1. The first-order chi connectivity index (χ1) is 7.74. The van der Waals surface area contributed by atoms with Crippen LogP contribution in [0.1, 0.15) is 23.7 Å². The van der Waals surface area contributed by atoms with E-state index in [2.05, 4.69) is 5.92 Å². The van der Waals surface area contributed by atoms with Crippen LogP contribution in [-0.4, -0.2) is 19.4 Å². The summed E-state index contributed by atoms with van der Waals surface area (Å²) in [7, 11) is 0. The van der Waals surface area contributed by atoms with Gasteiger partial charge in [0.2, 0.25) is 0 Å². The fourth-order valence-electron chi connectivity index (χ4n) is 1.61. The summed E-state index contributed by atoms with van der Waals surface area (Å²) >= 11 is 0. The van der Waals surface area contributed by atoms with Gasteiger partial charge in [-0.15, -0.1) is 6.42 Å². The Kier molecular flexibility index (Phi) is 4.53. The Morgan fingerprint density at radius 2 is 2.31 bits per heavy atom. The van der Waals surface area contributed by atoms with Crippen LogP contribution in [0.3, 0.4) is 0 Å². The maximum Gasteiger partial charge on any atom is 0.152 e. The number of para-hydroxylation sites is 1. The van der Waals surface area contributed by atoms with E-state index >= 15 is 0 Å². The molecule has 0 bridgehead atoms. The third-order valence-electron chi connectivity index (χ3n) is 2.24. The van der Waals surface area contributed by atoms with Crippen LogP contribution in [0.25, 0.3) is 0 Å². The van der Waals surface area contributed by atoms with E-state index in [0.717, 1.165) is 6.42 Å². The zero-order valence-corrected chi connectivity index (χ0v) is 9.24. The highest BCUT2D eigenvalue weighted by molar-refractivity contribution is 5.84. The van der Waals surface area contributed by atoms with Crippen molar-refractivity contribution in [3.63, 3.8) is 0 Å². The smallest absolute Gasteiger partial charge is 0.152 e. The van der Waals surface area contributed by atoms with E-state index in [-0.39, 0.29) is 0 Å². The number of carbonyl (C=O) groups is 1. The Hall–Kier alpha value is -1.82.